The molecule has 30 heavy (non-hydrogen) atoms. The molecular formula is C21H18Br2N4O3. The zero-order chi connectivity index (χ0) is 21.8. The molecule has 0 radical (unpaired) electrons. The number of benzene rings is 2. The molecule has 7 nitrogen and oxygen atoms in total. The van der Waals surface area contributed by atoms with Gasteiger partial charge in [-0.2, -0.15) is 15.0 Å². The summed E-state index contributed by atoms with van der Waals surface area (Å²) in [4.78, 5) is 17.8. The molecule has 0 saturated carbocycles. The third-order valence-corrected chi connectivity index (χ3v) is 5.16. The number of hydrogen-bond donors (Lipinski definition) is 0. The number of aromatic nitrogens is 2. The number of nitrogens with zero attached hydrogens (tertiary/aromatic N) is 4. The molecule has 0 unspecified atom stereocenters. The van der Waals surface area contributed by atoms with E-state index in [1.807, 2.05) is 26.0 Å². The van der Waals surface area contributed by atoms with Gasteiger partial charge in [0.1, 0.15) is 11.9 Å². The Labute approximate surface area is 190 Å². The molecule has 0 bridgehead atoms. The highest BCUT2D eigenvalue weighted by molar-refractivity contribution is 9.10. The fourth-order valence-corrected chi connectivity index (χ4v) is 3.68. The van der Waals surface area contributed by atoms with E-state index in [1.165, 1.54) is 18.0 Å². The quantitative estimate of drug-likeness (QED) is 0.423. The predicted molar refractivity (Wildman–Crippen MR) is 123 cm³/mol. The molecule has 0 saturated heterocycles. The zero-order valence-corrected chi connectivity index (χ0v) is 19.7. The van der Waals surface area contributed by atoms with Crippen LogP contribution in [0.1, 0.15) is 31.2 Å². The molecule has 0 aliphatic heterocycles. The second kappa shape index (κ2) is 9.41. The summed E-state index contributed by atoms with van der Waals surface area (Å²) in [6.45, 7) is 3.74. The first-order chi connectivity index (χ1) is 14.3. The van der Waals surface area contributed by atoms with Gasteiger partial charge in [0.15, 0.2) is 18.1 Å². The largest absolute Gasteiger partial charge is 0.493 e. The van der Waals surface area contributed by atoms with Crippen molar-refractivity contribution < 1.29 is 9.47 Å². The summed E-state index contributed by atoms with van der Waals surface area (Å²) in [5.41, 5.74) is 0.885. The highest BCUT2D eigenvalue weighted by Gasteiger charge is 2.15. The summed E-state index contributed by atoms with van der Waals surface area (Å²) in [6, 6.07) is 10.8. The molecule has 0 aliphatic rings. The normalized spacial score (nSPS) is 11.2. The highest BCUT2D eigenvalue weighted by Crippen LogP contribution is 2.34. The average Bonchev–Trinajstić information content (AvgIpc) is 2.71. The minimum Gasteiger partial charge on any atom is -0.493 e. The van der Waals surface area contributed by atoms with Gasteiger partial charge in [-0.25, -0.2) is 4.98 Å². The molecule has 0 fully saturated rings. The van der Waals surface area contributed by atoms with Crippen molar-refractivity contribution in [1.29, 1.82) is 5.26 Å². The van der Waals surface area contributed by atoms with Crippen LogP contribution in [-0.4, -0.2) is 29.6 Å². The van der Waals surface area contributed by atoms with Gasteiger partial charge < -0.3 is 9.47 Å². The molecule has 3 rings (SSSR count). The summed E-state index contributed by atoms with van der Waals surface area (Å²) >= 11 is 6.82. The Morgan fingerprint density at radius 1 is 1.27 bits per heavy atom. The summed E-state index contributed by atoms with van der Waals surface area (Å²) in [5, 5.41) is 13.8. The lowest BCUT2D eigenvalue weighted by atomic mass is 10.2. The van der Waals surface area contributed by atoms with Crippen LogP contribution in [-0.2, 0) is 0 Å². The van der Waals surface area contributed by atoms with Crippen LogP contribution in [0.2, 0.25) is 0 Å². The smallest absolute Gasteiger partial charge is 0.282 e. The number of hydrogen-bond acceptors (Lipinski definition) is 6. The van der Waals surface area contributed by atoms with Gasteiger partial charge in [0.2, 0.25) is 0 Å². The van der Waals surface area contributed by atoms with Crippen LogP contribution in [0.3, 0.4) is 0 Å². The molecular weight excluding hydrogens is 516 g/mol. The number of nitriles is 1. The van der Waals surface area contributed by atoms with Crippen molar-refractivity contribution >= 4 is 49.0 Å². The van der Waals surface area contributed by atoms with Crippen molar-refractivity contribution in [2.45, 2.75) is 19.8 Å². The Morgan fingerprint density at radius 3 is 2.70 bits per heavy atom. The number of ether oxygens (including phenoxy) is 2. The van der Waals surface area contributed by atoms with Gasteiger partial charge in [-0.05, 0) is 30.3 Å². The minimum absolute atomic E-state index is 0.0331. The Bertz CT molecular complexity index is 1230. The zero-order valence-electron chi connectivity index (χ0n) is 16.5. The van der Waals surface area contributed by atoms with Gasteiger partial charge >= 0.3 is 0 Å². The van der Waals surface area contributed by atoms with Crippen LogP contribution in [0.4, 0.5) is 0 Å². The minimum atomic E-state index is -0.275. The average molecular weight is 534 g/mol. The van der Waals surface area contributed by atoms with Gasteiger partial charge in [0.05, 0.1) is 24.2 Å². The van der Waals surface area contributed by atoms with E-state index < -0.39 is 0 Å². The van der Waals surface area contributed by atoms with Crippen molar-refractivity contribution in [1.82, 2.24) is 9.66 Å². The molecule has 9 heteroatoms. The summed E-state index contributed by atoms with van der Waals surface area (Å²) in [5.74, 6) is 1.31. The fourth-order valence-electron chi connectivity index (χ4n) is 2.87. The van der Waals surface area contributed by atoms with E-state index in [0.29, 0.717) is 33.8 Å². The van der Waals surface area contributed by atoms with Crippen molar-refractivity contribution in [2.24, 2.45) is 5.10 Å². The van der Waals surface area contributed by atoms with Gasteiger partial charge in [-0.3, -0.25) is 4.79 Å². The molecule has 0 atom stereocenters. The summed E-state index contributed by atoms with van der Waals surface area (Å²) in [7, 11) is 1.51. The van der Waals surface area contributed by atoms with Crippen molar-refractivity contribution in [3.8, 4) is 17.6 Å². The first kappa shape index (κ1) is 22.0. The third kappa shape index (κ3) is 4.55. The Kier molecular flexibility index (Phi) is 6.90. The predicted octanol–water partition coefficient (Wildman–Crippen LogP) is 4.84. The first-order valence-electron chi connectivity index (χ1n) is 8.99. The monoisotopic (exact) mass is 532 g/mol. The van der Waals surface area contributed by atoms with Crippen LogP contribution in [0.5, 0.6) is 11.5 Å². The topological polar surface area (TPSA) is 89.5 Å². The van der Waals surface area contributed by atoms with Crippen LogP contribution >= 0.6 is 31.9 Å². The molecule has 3 aromatic rings. The van der Waals surface area contributed by atoms with Crippen molar-refractivity contribution in [2.75, 3.05) is 13.7 Å². The number of halogens is 2. The second-order valence-corrected chi connectivity index (χ2v) is 8.45. The van der Waals surface area contributed by atoms with Crippen LogP contribution < -0.4 is 15.0 Å². The van der Waals surface area contributed by atoms with Gasteiger partial charge in [0, 0.05) is 20.4 Å². The van der Waals surface area contributed by atoms with E-state index in [0.717, 1.165) is 8.95 Å². The molecule has 0 spiro atoms. The van der Waals surface area contributed by atoms with Gasteiger partial charge in [-0.1, -0.05) is 45.7 Å². The van der Waals surface area contributed by atoms with Gasteiger partial charge in [0.25, 0.3) is 5.56 Å². The summed E-state index contributed by atoms with van der Waals surface area (Å²) < 4.78 is 13.7. The van der Waals surface area contributed by atoms with E-state index in [9.17, 15) is 4.79 Å². The first-order valence-corrected chi connectivity index (χ1v) is 10.6. The number of rotatable bonds is 6. The lowest BCUT2D eigenvalue weighted by Gasteiger charge is -2.13. The molecule has 154 valence electrons. The Balaban J connectivity index is 2.20. The molecule has 1 heterocycles. The fraction of sp³-hybridized carbons (Fsp3) is 0.238. The van der Waals surface area contributed by atoms with Crippen molar-refractivity contribution in [3.05, 3.63) is 61.0 Å². The van der Waals surface area contributed by atoms with Crippen LogP contribution in [0.15, 0.2) is 49.2 Å². The number of methoxy groups -OCH3 is 1. The number of fused-ring (bicyclic) bond motifs is 1. The van der Waals surface area contributed by atoms with E-state index in [4.69, 9.17) is 14.7 Å². The van der Waals surface area contributed by atoms with E-state index in [1.54, 1.807) is 24.3 Å². The molecule has 0 amide bonds. The van der Waals surface area contributed by atoms with Crippen LogP contribution in [0, 0.1) is 11.3 Å². The molecule has 0 aliphatic carbocycles. The lowest BCUT2D eigenvalue weighted by Crippen LogP contribution is -2.23. The van der Waals surface area contributed by atoms with E-state index in [-0.39, 0.29) is 18.1 Å². The maximum absolute atomic E-state index is 13.2. The Morgan fingerprint density at radius 2 is 2.03 bits per heavy atom. The molecule has 2 aromatic carbocycles. The second-order valence-electron chi connectivity index (χ2n) is 6.62. The van der Waals surface area contributed by atoms with Crippen molar-refractivity contribution in [3.63, 3.8) is 0 Å². The van der Waals surface area contributed by atoms with E-state index in [2.05, 4.69) is 41.9 Å². The lowest BCUT2D eigenvalue weighted by molar-refractivity contribution is 0.329. The molecule has 0 N–H and O–H groups in total. The highest BCUT2D eigenvalue weighted by atomic mass is 79.9. The van der Waals surface area contributed by atoms with E-state index >= 15 is 0 Å². The Hall–Kier alpha value is -2.70. The summed E-state index contributed by atoms with van der Waals surface area (Å²) in [6.07, 6.45) is 1.50. The standard InChI is InChI=1S/C21H18Br2N4O3/c1-12(2)20-26-17-5-4-14(22)9-16(17)21(28)27(20)25-11-13-8-15(23)10-18(29-3)19(13)30-7-6-24/h4-5,8-12H,7H2,1-3H3. The van der Waals surface area contributed by atoms with Gasteiger partial charge in [-0.15, -0.1) is 0 Å². The molecule has 1 aromatic heterocycles. The maximum atomic E-state index is 13.2. The maximum Gasteiger partial charge on any atom is 0.282 e. The van der Waals surface area contributed by atoms with Crippen LogP contribution in [0.25, 0.3) is 10.9 Å². The SMILES string of the molecule is COc1cc(Br)cc(C=Nn2c(C(C)C)nc3ccc(Br)cc3c2=O)c1OCC#N. The third-order valence-electron chi connectivity index (χ3n) is 4.21.